The number of rotatable bonds is 6. The number of nitrogen functional groups attached to an aromatic ring is 1. The molecule has 0 fully saturated rings. The minimum Gasteiger partial charge on any atom is -0.465 e. The average molecular weight is 449 g/mol. The highest BCUT2D eigenvalue weighted by molar-refractivity contribution is 6.14. The van der Waals surface area contributed by atoms with Crippen molar-refractivity contribution >= 4 is 28.5 Å². The van der Waals surface area contributed by atoms with Crippen LogP contribution in [0.3, 0.4) is 0 Å². The van der Waals surface area contributed by atoms with E-state index in [1.165, 1.54) is 4.57 Å². The molecule has 1 aliphatic rings. The van der Waals surface area contributed by atoms with Crippen LogP contribution in [-0.4, -0.2) is 36.5 Å². The Morgan fingerprint density at radius 1 is 1.15 bits per heavy atom. The first kappa shape index (κ1) is 22.0. The van der Waals surface area contributed by atoms with Gasteiger partial charge in [-0.25, -0.2) is 4.79 Å². The third-order valence-electron chi connectivity index (χ3n) is 5.40. The van der Waals surface area contributed by atoms with Gasteiger partial charge in [0.1, 0.15) is 12.6 Å². The molecule has 0 unspecified atom stereocenters. The fraction of sp³-hybridized carbons (Fsp3) is 0.292. The van der Waals surface area contributed by atoms with E-state index in [2.05, 4.69) is 6.07 Å². The van der Waals surface area contributed by atoms with Crippen molar-refractivity contribution in [3.8, 4) is 28.7 Å². The lowest BCUT2D eigenvalue weighted by Gasteiger charge is -2.13. The minimum atomic E-state index is -0.686. The summed E-state index contributed by atoms with van der Waals surface area (Å²) in [7, 11) is 0. The van der Waals surface area contributed by atoms with Crippen LogP contribution in [0.2, 0.25) is 0 Å². The summed E-state index contributed by atoms with van der Waals surface area (Å²) in [5, 5.41) is 10.4. The van der Waals surface area contributed by atoms with Gasteiger partial charge in [0.15, 0.2) is 17.2 Å². The Balaban J connectivity index is 2.07. The number of carbonyl (C=O) groups is 2. The van der Waals surface area contributed by atoms with E-state index in [9.17, 15) is 14.9 Å². The van der Waals surface area contributed by atoms with Crippen molar-refractivity contribution in [2.75, 3.05) is 25.7 Å². The van der Waals surface area contributed by atoms with Crippen LogP contribution < -0.4 is 15.2 Å². The first-order valence-electron chi connectivity index (χ1n) is 10.5. The van der Waals surface area contributed by atoms with E-state index in [0.717, 1.165) is 11.1 Å². The molecule has 2 heterocycles. The molecule has 2 N–H and O–H groups in total. The lowest BCUT2D eigenvalue weighted by molar-refractivity contribution is -0.143. The van der Waals surface area contributed by atoms with Gasteiger partial charge in [0, 0.05) is 5.39 Å². The summed E-state index contributed by atoms with van der Waals surface area (Å²) in [6.45, 7) is 5.35. The van der Waals surface area contributed by atoms with Gasteiger partial charge in [-0.05, 0) is 55.7 Å². The number of aryl methyl sites for hydroxylation is 1. The number of hydrogen-bond acceptors (Lipinski definition) is 8. The normalized spacial score (nSPS) is 11.9. The summed E-state index contributed by atoms with van der Waals surface area (Å²) in [6.07, 6.45) is 0. The molecule has 0 atom stereocenters. The SMILES string of the molecule is CCOC(=O)Cn1c(C(=O)OCC)c(N)c2c(-c3ccc4c(c3)OCO4)c(C)cc(C#N)c21. The van der Waals surface area contributed by atoms with Gasteiger partial charge in [-0.15, -0.1) is 0 Å². The largest absolute Gasteiger partial charge is 0.465 e. The van der Waals surface area contributed by atoms with Gasteiger partial charge in [0.25, 0.3) is 0 Å². The van der Waals surface area contributed by atoms with Crippen LogP contribution in [0.25, 0.3) is 22.0 Å². The summed E-state index contributed by atoms with van der Waals surface area (Å²) < 4.78 is 22.7. The van der Waals surface area contributed by atoms with Gasteiger partial charge in [0.05, 0.1) is 30.0 Å². The Kier molecular flexibility index (Phi) is 5.84. The van der Waals surface area contributed by atoms with E-state index in [-0.39, 0.29) is 43.5 Å². The van der Waals surface area contributed by atoms with Crippen molar-refractivity contribution < 1.29 is 28.5 Å². The number of anilines is 1. The van der Waals surface area contributed by atoms with E-state index in [1.807, 2.05) is 19.1 Å². The topological polar surface area (TPSA) is 126 Å². The van der Waals surface area contributed by atoms with Crippen LogP contribution in [-0.2, 0) is 20.8 Å². The maximum absolute atomic E-state index is 12.9. The van der Waals surface area contributed by atoms with Crippen LogP contribution in [0, 0.1) is 18.3 Å². The van der Waals surface area contributed by atoms with Gasteiger partial charge < -0.3 is 29.2 Å². The summed E-state index contributed by atoms with van der Waals surface area (Å²) >= 11 is 0. The van der Waals surface area contributed by atoms with E-state index < -0.39 is 11.9 Å². The van der Waals surface area contributed by atoms with Crippen LogP contribution in [0.4, 0.5) is 5.69 Å². The first-order chi connectivity index (χ1) is 15.9. The molecule has 0 saturated heterocycles. The molecule has 0 saturated carbocycles. The van der Waals surface area contributed by atoms with Crippen LogP contribution in [0.5, 0.6) is 11.5 Å². The van der Waals surface area contributed by atoms with Crippen molar-refractivity contribution in [2.45, 2.75) is 27.3 Å². The third kappa shape index (κ3) is 3.69. The summed E-state index contributed by atoms with van der Waals surface area (Å²) in [5.41, 5.74) is 9.55. The molecule has 2 aromatic carbocycles. The van der Waals surface area contributed by atoms with E-state index in [0.29, 0.717) is 28.0 Å². The first-order valence-corrected chi connectivity index (χ1v) is 10.5. The van der Waals surface area contributed by atoms with Crippen molar-refractivity contribution in [3.63, 3.8) is 0 Å². The van der Waals surface area contributed by atoms with Crippen molar-refractivity contribution in [1.29, 1.82) is 5.26 Å². The Morgan fingerprint density at radius 2 is 1.88 bits per heavy atom. The molecule has 1 aliphatic heterocycles. The third-order valence-corrected chi connectivity index (χ3v) is 5.40. The molecule has 1 aromatic heterocycles. The molecule has 0 aliphatic carbocycles. The number of benzene rings is 2. The molecule has 0 bridgehead atoms. The molecule has 0 spiro atoms. The molecule has 170 valence electrons. The van der Waals surface area contributed by atoms with Gasteiger partial charge in [-0.3, -0.25) is 4.79 Å². The number of nitrogens with zero attached hydrogens (tertiary/aromatic N) is 2. The molecule has 9 heteroatoms. The van der Waals surface area contributed by atoms with E-state index in [4.69, 9.17) is 24.7 Å². The highest BCUT2D eigenvalue weighted by Gasteiger charge is 2.29. The summed E-state index contributed by atoms with van der Waals surface area (Å²) in [4.78, 5) is 25.3. The van der Waals surface area contributed by atoms with Gasteiger partial charge in [-0.1, -0.05) is 6.07 Å². The lowest BCUT2D eigenvalue weighted by Crippen LogP contribution is -2.19. The average Bonchev–Trinajstić information content (AvgIpc) is 3.36. The molecule has 0 amide bonds. The molecular weight excluding hydrogens is 426 g/mol. The molecule has 33 heavy (non-hydrogen) atoms. The Bertz CT molecular complexity index is 1320. The number of carbonyl (C=O) groups excluding carboxylic acids is 2. The minimum absolute atomic E-state index is 0.00370. The maximum Gasteiger partial charge on any atom is 0.357 e. The van der Waals surface area contributed by atoms with Crippen LogP contribution in [0.1, 0.15) is 35.5 Å². The standard InChI is InChI=1S/C24H23N3O6/c1-4-30-18(28)11-27-22-15(10-25)8-13(3)19(14-6-7-16-17(9-14)33-12-32-16)20(22)21(26)23(27)24(29)31-5-2/h6-9H,4-5,11-12,26H2,1-3H3. The van der Waals surface area contributed by atoms with Crippen molar-refractivity contribution in [3.05, 3.63) is 41.1 Å². The lowest BCUT2D eigenvalue weighted by atomic mass is 9.93. The van der Waals surface area contributed by atoms with Crippen molar-refractivity contribution in [1.82, 2.24) is 4.57 Å². The van der Waals surface area contributed by atoms with Gasteiger partial charge in [0.2, 0.25) is 6.79 Å². The monoisotopic (exact) mass is 449 g/mol. The smallest absolute Gasteiger partial charge is 0.357 e. The zero-order valence-electron chi connectivity index (χ0n) is 18.6. The van der Waals surface area contributed by atoms with Crippen molar-refractivity contribution in [2.24, 2.45) is 0 Å². The number of fused-ring (bicyclic) bond motifs is 2. The fourth-order valence-electron chi connectivity index (χ4n) is 4.15. The summed E-state index contributed by atoms with van der Waals surface area (Å²) in [5.74, 6) is -0.0383. The Morgan fingerprint density at radius 3 is 2.58 bits per heavy atom. The quantitative estimate of drug-likeness (QED) is 0.567. The molecule has 9 nitrogen and oxygen atoms in total. The molecular formula is C24H23N3O6. The predicted molar refractivity (Wildman–Crippen MR) is 120 cm³/mol. The maximum atomic E-state index is 12.9. The molecule has 3 aromatic rings. The fourth-order valence-corrected chi connectivity index (χ4v) is 4.15. The second-order valence-electron chi connectivity index (χ2n) is 7.39. The Labute approximate surface area is 190 Å². The van der Waals surface area contributed by atoms with Gasteiger partial charge in [-0.2, -0.15) is 5.26 Å². The summed E-state index contributed by atoms with van der Waals surface area (Å²) in [6, 6.07) is 9.34. The molecule has 0 radical (unpaired) electrons. The predicted octanol–water partition coefficient (Wildman–Crippen LogP) is 3.54. The second-order valence-corrected chi connectivity index (χ2v) is 7.39. The number of hydrogen-bond donors (Lipinski definition) is 1. The second kappa shape index (κ2) is 8.74. The van der Waals surface area contributed by atoms with Crippen LogP contribution in [0.15, 0.2) is 24.3 Å². The van der Waals surface area contributed by atoms with Crippen LogP contribution >= 0.6 is 0 Å². The van der Waals surface area contributed by atoms with E-state index in [1.54, 1.807) is 26.0 Å². The number of nitrogens with two attached hydrogens (primary N) is 1. The number of aromatic nitrogens is 1. The van der Waals surface area contributed by atoms with Gasteiger partial charge >= 0.3 is 11.9 Å². The zero-order chi connectivity index (χ0) is 23.7. The molecule has 4 rings (SSSR count). The Hall–Kier alpha value is -4.19. The highest BCUT2D eigenvalue weighted by atomic mass is 16.7. The number of esters is 2. The number of nitriles is 1. The number of ether oxygens (including phenoxy) is 4. The zero-order valence-corrected chi connectivity index (χ0v) is 18.6. The van der Waals surface area contributed by atoms with E-state index >= 15 is 0 Å². The highest BCUT2D eigenvalue weighted by Crippen LogP contribution is 2.44.